The molecule has 5 nitrogen and oxygen atoms in total. The summed E-state index contributed by atoms with van der Waals surface area (Å²) in [6, 6.07) is 5.21. The van der Waals surface area contributed by atoms with Crippen molar-refractivity contribution < 1.29 is 4.74 Å². The molecule has 0 spiro atoms. The smallest absolute Gasteiger partial charge is 0.139 e. The molecule has 0 aliphatic carbocycles. The average molecular weight is 353 g/mol. The summed E-state index contributed by atoms with van der Waals surface area (Å²) in [6.45, 7) is 12.1. The second-order valence-electron chi connectivity index (χ2n) is 7.33. The van der Waals surface area contributed by atoms with Crippen LogP contribution in [0.1, 0.15) is 5.56 Å². The predicted molar refractivity (Wildman–Crippen MR) is 105 cm³/mol. The van der Waals surface area contributed by atoms with Crippen molar-refractivity contribution in [3.05, 3.63) is 49.1 Å². The summed E-state index contributed by atoms with van der Waals surface area (Å²) in [7, 11) is -1.07. The maximum atomic E-state index is 5.83. The topological polar surface area (TPSA) is 52.8 Å². The van der Waals surface area contributed by atoms with E-state index in [2.05, 4.69) is 41.3 Å². The van der Waals surface area contributed by atoms with Gasteiger partial charge in [-0.25, -0.2) is 4.68 Å². The van der Waals surface area contributed by atoms with Crippen LogP contribution >= 0.6 is 0 Å². The lowest BCUT2D eigenvalue weighted by Gasteiger charge is -2.15. The molecule has 0 radical (unpaired) electrons. The first-order valence-electron chi connectivity index (χ1n) is 8.43. The van der Waals surface area contributed by atoms with Crippen LogP contribution in [0.5, 0.6) is 0 Å². The van der Waals surface area contributed by atoms with Crippen LogP contribution in [0, 0.1) is 0 Å². The van der Waals surface area contributed by atoms with Gasteiger partial charge in [-0.05, 0) is 23.7 Å². The van der Waals surface area contributed by atoms with Crippen molar-refractivity contribution in [3.8, 4) is 11.3 Å². The van der Waals surface area contributed by atoms with Crippen LogP contribution in [0.3, 0.4) is 0 Å². The molecule has 0 aromatic carbocycles. The van der Waals surface area contributed by atoms with Crippen molar-refractivity contribution in [1.82, 2.24) is 19.7 Å². The summed E-state index contributed by atoms with van der Waals surface area (Å²) < 4.78 is 7.72. The van der Waals surface area contributed by atoms with Crippen LogP contribution in [0.15, 0.2) is 43.5 Å². The molecule has 3 aromatic heterocycles. The molecule has 0 unspecified atom stereocenters. The van der Waals surface area contributed by atoms with Crippen molar-refractivity contribution in [1.29, 1.82) is 0 Å². The van der Waals surface area contributed by atoms with E-state index in [-0.39, 0.29) is 0 Å². The van der Waals surface area contributed by atoms with Crippen LogP contribution in [-0.2, 0) is 11.5 Å². The highest BCUT2D eigenvalue weighted by atomic mass is 28.3. The third-order valence-electron chi connectivity index (χ3n) is 4.03. The van der Waals surface area contributed by atoms with Crippen LogP contribution in [0.4, 0.5) is 0 Å². The summed E-state index contributed by atoms with van der Waals surface area (Å²) in [5, 5.41) is 5.43. The molecule has 3 aromatic rings. The first-order chi connectivity index (χ1) is 12.0. The van der Waals surface area contributed by atoms with Gasteiger partial charge in [0.25, 0.3) is 0 Å². The lowest BCUT2D eigenvalue weighted by molar-refractivity contribution is 0.0817. The third-order valence-corrected chi connectivity index (χ3v) is 5.73. The zero-order chi connectivity index (χ0) is 17.9. The van der Waals surface area contributed by atoms with E-state index in [4.69, 9.17) is 4.74 Å². The molecule has 3 heterocycles. The quantitative estimate of drug-likeness (QED) is 0.466. The largest absolute Gasteiger partial charge is 0.360 e. The fraction of sp³-hybridized carbons (Fsp3) is 0.316. The van der Waals surface area contributed by atoms with E-state index < -0.39 is 8.07 Å². The van der Waals surface area contributed by atoms with Gasteiger partial charge in [-0.3, -0.25) is 9.97 Å². The van der Waals surface area contributed by atoms with Crippen molar-refractivity contribution in [2.45, 2.75) is 32.4 Å². The van der Waals surface area contributed by atoms with Gasteiger partial charge in [0, 0.05) is 44.2 Å². The second kappa shape index (κ2) is 7.29. The Kier molecular flexibility index (Phi) is 5.10. The molecule has 0 N–H and O–H groups in total. The number of fused-ring (bicyclic) bond motifs is 1. The Morgan fingerprint density at radius 1 is 1.16 bits per heavy atom. The maximum absolute atomic E-state index is 5.83. The number of aromatic nitrogens is 4. The molecule has 6 heteroatoms. The number of nitrogens with zero attached hydrogens (tertiary/aromatic N) is 4. The van der Waals surface area contributed by atoms with Crippen molar-refractivity contribution in [3.63, 3.8) is 0 Å². The molecule has 0 aliphatic rings. The molecule has 0 saturated carbocycles. The van der Waals surface area contributed by atoms with Gasteiger partial charge in [-0.1, -0.05) is 32.3 Å². The fourth-order valence-corrected chi connectivity index (χ4v) is 3.23. The Balaban J connectivity index is 1.80. The predicted octanol–water partition coefficient (Wildman–Crippen LogP) is 4.45. The van der Waals surface area contributed by atoms with Crippen LogP contribution in [0.25, 0.3) is 28.2 Å². The van der Waals surface area contributed by atoms with E-state index in [0.717, 1.165) is 40.4 Å². The molecule has 0 atom stereocenters. The van der Waals surface area contributed by atoms with E-state index >= 15 is 0 Å². The lowest BCUT2D eigenvalue weighted by Crippen LogP contribution is -2.22. The minimum atomic E-state index is -1.07. The Bertz CT molecular complexity index is 883. The number of hydrogen-bond donors (Lipinski definition) is 0. The van der Waals surface area contributed by atoms with Gasteiger partial charge in [0.1, 0.15) is 6.73 Å². The number of rotatable bonds is 7. The molecule has 0 saturated heterocycles. The van der Waals surface area contributed by atoms with E-state index in [1.807, 2.05) is 35.4 Å². The molecule has 0 fully saturated rings. The SMILES string of the molecule is C=Cc1cncc(-c2cc3c(cn2)cnn3COCC[Si](C)(C)C)c1. The fourth-order valence-electron chi connectivity index (χ4n) is 2.47. The Morgan fingerprint density at radius 2 is 2.00 bits per heavy atom. The monoisotopic (exact) mass is 352 g/mol. The van der Waals surface area contributed by atoms with E-state index in [1.165, 1.54) is 0 Å². The molecule has 0 aliphatic heterocycles. The Hall–Kier alpha value is -2.31. The normalized spacial score (nSPS) is 11.8. The Morgan fingerprint density at radius 3 is 2.76 bits per heavy atom. The summed E-state index contributed by atoms with van der Waals surface area (Å²) in [6.07, 6.45) is 9.05. The first-order valence-corrected chi connectivity index (χ1v) is 12.1. The molecule has 0 amide bonds. The third kappa shape index (κ3) is 4.40. The number of hydrogen-bond acceptors (Lipinski definition) is 4. The summed E-state index contributed by atoms with van der Waals surface area (Å²) in [5.74, 6) is 0. The van der Waals surface area contributed by atoms with Crippen LogP contribution in [0.2, 0.25) is 25.7 Å². The number of pyridine rings is 2. The van der Waals surface area contributed by atoms with Gasteiger partial charge < -0.3 is 4.74 Å². The van der Waals surface area contributed by atoms with Crippen molar-refractivity contribution >= 4 is 25.1 Å². The summed E-state index contributed by atoms with van der Waals surface area (Å²) in [5.41, 5.74) is 3.82. The Labute approximate surface area is 149 Å². The highest BCUT2D eigenvalue weighted by Gasteiger charge is 2.12. The van der Waals surface area contributed by atoms with Gasteiger partial charge in [0.15, 0.2) is 0 Å². The standard InChI is InChI=1S/C19H24N4OSi/c1-5-15-8-16(11-20-10-15)18-9-19-17(12-21-18)13-22-23(19)14-24-6-7-25(2,3)4/h5,8-13H,1,6-7,14H2,2-4H3. The molecule has 3 rings (SSSR count). The number of ether oxygens (including phenoxy) is 1. The van der Waals surface area contributed by atoms with Crippen LogP contribution in [-0.4, -0.2) is 34.4 Å². The zero-order valence-corrected chi connectivity index (χ0v) is 16.1. The molecule has 130 valence electrons. The van der Waals surface area contributed by atoms with Crippen molar-refractivity contribution in [2.24, 2.45) is 0 Å². The zero-order valence-electron chi connectivity index (χ0n) is 15.1. The molecule has 0 bridgehead atoms. The first kappa shape index (κ1) is 17.5. The van der Waals surface area contributed by atoms with E-state index in [1.54, 1.807) is 12.3 Å². The molecule has 25 heavy (non-hydrogen) atoms. The van der Waals surface area contributed by atoms with Gasteiger partial charge in [-0.2, -0.15) is 5.10 Å². The average Bonchev–Trinajstić information content (AvgIpc) is 3.00. The highest BCUT2D eigenvalue weighted by Crippen LogP contribution is 2.22. The van der Waals surface area contributed by atoms with Crippen LogP contribution < -0.4 is 0 Å². The minimum Gasteiger partial charge on any atom is -0.360 e. The van der Waals surface area contributed by atoms with Crippen molar-refractivity contribution in [2.75, 3.05) is 6.61 Å². The molecular formula is C19H24N4OSi. The van der Waals surface area contributed by atoms with Gasteiger partial charge in [-0.15, -0.1) is 0 Å². The maximum Gasteiger partial charge on any atom is 0.139 e. The lowest BCUT2D eigenvalue weighted by atomic mass is 10.1. The summed E-state index contributed by atoms with van der Waals surface area (Å²) in [4.78, 5) is 8.78. The highest BCUT2D eigenvalue weighted by molar-refractivity contribution is 6.76. The van der Waals surface area contributed by atoms with Gasteiger partial charge >= 0.3 is 0 Å². The minimum absolute atomic E-state index is 0.461. The van der Waals surface area contributed by atoms with Gasteiger partial charge in [0.05, 0.1) is 17.4 Å². The van der Waals surface area contributed by atoms with E-state index in [9.17, 15) is 0 Å². The summed E-state index contributed by atoms with van der Waals surface area (Å²) >= 11 is 0. The van der Waals surface area contributed by atoms with Gasteiger partial charge in [0.2, 0.25) is 0 Å². The second-order valence-corrected chi connectivity index (χ2v) is 13.0. The van der Waals surface area contributed by atoms with E-state index in [0.29, 0.717) is 6.73 Å². The molecular weight excluding hydrogens is 328 g/mol.